The molecule has 3 nitrogen and oxygen atoms in total. The largest absolute Gasteiger partial charge is 0.488 e. The lowest BCUT2D eigenvalue weighted by Gasteiger charge is -2.18. The molecule has 1 aliphatic rings. The monoisotopic (exact) mass is 230 g/mol. The fraction of sp³-hybridized carbons (Fsp3) is 0.500. The van der Waals surface area contributed by atoms with Gasteiger partial charge in [-0.25, -0.2) is 0 Å². The molecule has 0 bridgehead atoms. The number of nitrogen functional groups attached to an aromatic ring is 1. The van der Waals surface area contributed by atoms with Crippen molar-refractivity contribution in [3.8, 4) is 11.8 Å². The quantitative estimate of drug-likeness (QED) is 0.626. The van der Waals surface area contributed by atoms with Crippen LogP contribution < -0.4 is 10.5 Å². The van der Waals surface area contributed by atoms with Crippen molar-refractivity contribution < 1.29 is 4.74 Å². The number of benzene rings is 1. The molecule has 0 aromatic heterocycles. The van der Waals surface area contributed by atoms with E-state index in [1.54, 1.807) is 18.2 Å². The van der Waals surface area contributed by atoms with Crippen molar-refractivity contribution >= 4 is 5.69 Å². The summed E-state index contributed by atoms with van der Waals surface area (Å²) in [7, 11) is 0. The first kappa shape index (κ1) is 11.8. The summed E-state index contributed by atoms with van der Waals surface area (Å²) in [5.41, 5.74) is 7.02. The van der Waals surface area contributed by atoms with E-state index in [4.69, 9.17) is 15.7 Å². The topological polar surface area (TPSA) is 59.0 Å². The SMILES string of the molecule is N#Cc1ccc(OC2CCCCCC2)c(N)c1. The van der Waals surface area contributed by atoms with Gasteiger partial charge in [0.1, 0.15) is 5.75 Å². The van der Waals surface area contributed by atoms with E-state index in [0.717, 1.165) is 18.6 Å². The molecule has 1 fully saturated rings. The number of ether oxygens (including phenoxy) is 1. The molecule has 3 heteroatoms. The van der Waals surface area contributed by atoms with Crippen molar-refractivity contribution in [3.05, 3.63) is 23.8 Å². The highest BCUT2D eigenvalue weighted by Crippen LogP contribution is 2.27. The lowest BCUT2D eigenvalue weighted by Crippen LogP contribution is -2.15. The summed E-state index contributed by atoms with van der Waals surface area (Å²) in [6.07, 6.45) is 7.60. The molecule has 0 heterocycles. The summed E-state index contributed by atoms with van der Waals surface area (Å²) in [5, 5.41) is 8.77. The maximum Gasteiger partial charge on any atom is 0.142 e. The minimum Gasteiger partial charge on any atom is -0.488 e. The summed E-state index contributed by atoms with van der Waals surface area (Å²) in [5.74, 6) is 0.718. The zero-order valence-electron chi connectivity index (χ0n) is 9.98. The normalized spacial score (nSPS) is 17.1. The number of nitrogens with two attached hydrogens (primary N) is 1. The highest BCUT2D eigenvalue weighted by Gasteiger charge is 2.14. The zero-order chi connectivity index (χ0) is 12.1. The molecule has 0 radical (unpaired) electrons. The van der Waals surface area contributed by atoms with Crippen LogP contribution in [0.2, 0.25) is 0 Å². The maximum absolute atomic E-state index is 8.77. The van der Waals surface area contributed by atoms with Gasteiger partial charge in [0.15, 0.2) is 0 Å². The third-order valence-electron chi connectivity index (χ3n) is 3.23. The van der Waals surface area contributed by atoms with Crippen LogP contribution in [0.1, 0.15) is 44.1 Å². The fourth-order valence-corrected chi connectivity index (χ4v) is 2.26. The van der Waals surface area contributed by atoms with Crippen molar-refractivity contribution in [3.63, 3.8) is 0 Å². The van der Waals surface area contributed by atoms with Gasteiger partial charge in [-0.2, -0.15) is 5.26 Å². The van der Waals surface area contributed by atoms with Gasteiger partial charge in [-0.05, 0) is 43.9 Å². The van der Waals surface area contributed by atoms with E-state index in [2.05, 4.69) is 6.07 Å². The Morgan fingerprint density at radius 2 is 1.88 bits per heavy atom. The molecule has 1 saturated carbocycles. The average molecular weight is 230 g/mol. The second-order valence-corrected chi connectivity index (χ2v) is 4.60. The Morgan fingerprint density at radius 1 is 1.18 bits per heavy atom. The summed E-state index contributed by atoms with van der Waals surface area (Å²) < 4.78 is 5.93. The first-order valence-corrected chi connectivity index (χ1v) is 6.26. The van der Waals surface area contributed by atoms with Gasteiger partial charge < -0.3 is 10.5 Å². The molecule has 1 aliphatic carbocycles. The molecule has 0 unspecified atom stereocenters. The number of nitrogens with zero attached hydrogens (tertiary/aromatic N) is 1. The van der Waals surface area contributed by atoms with E-state index in [-0.39, 0.29) is 6.10 Å². The van der Waals surface area contributed by atoms with Gasteiger partial charge in [-0.3, -0.25) is 0 Å². The van der Waals surface area contributed by atoms with Crippen molar-refractivity contribution in [1.82, 2.24) is 0 Å². The Kier molecular flexibility index (Phi) is 3.87. The maximum atomic E-state index is 8.77. The smallest absolute Gasteiger partial charge is 0.142 e. The van der Waals surface area contributed by atoms with Gasteiger partial charge in [0.2, 0.25) is 0 Å². The van der Waals surface area contributed by atoms with Crippen LogP contribution in [-0.4, -0.2) is 6.10 Å². The number of rotatable bonds is 2. The van der Waals surface area contributed by atoms with Gasteiger partial charge in [0, 0.05) is 0 Å². The molecule has 1 aromatic rings. The molecule has 0 spiro atoms. The van der Waals surface area contributed by atoms with E-state index in [1.165, 1.54) is 25.7 Å². The van der Waals surface area contributed by atoms with Gasteiger partial charge in [0.05, 0.1) is 23.4 Å². The second kappa shape index (κ2) is 5.58. The molecule has 0 aliphatic heterocycles. The predicted octanol–water partition coefficient (Wildman–Crippen LogP) is 3.24. The molecule has 90 valence electrons. The first-order chi connectivity index (χ1) is 8.29. The molecular formula is C14H18N2O. The zero-order valence-corrected chi connectivity index (χ0v) is 9.98. The summed E-state index contributed by atoms with van der Waals surface area (Å²) in [6.45, 7) is 0. The van der Waals surface area contributed by atoms with Gasteiger partial charge in [0.25, 0.3) is 0 Å². The average Bonchev–Trinajstić information content (AvgIpc) is 2.60. The predicted molar refractivity (Wildman–Crippen MR) is 67.7 cm³/mol. The van der Waals surface area contributed by atoms with E-state index >= 15 is 0 Å². The van der Waals surface area contributed by atoms with Crippen molar-refractivity contribution in [2.45, 2.75) is 44.6 Å². The number of hydrogen-bond acceptors (Lipinski definition) is 3. The van der Waals surface area contributed by atoms with Crippen LogP contribution in [0.25, 0.3) is 0 Å². The number of hydrogen-bond donors (Lipinski definition) is 1. The Labute approximate surface area is 102 Å². The highest BCUT2D eigenvalue weighted by atomic mass is 16.5. The minimum absolute atomic E-state index is 0.285. The van der Waals surface area contributed by atoms with Crippen LogP contribution in [0.15, 0.2) is 18.2 Å². The fourth-order valence-electron chi connectivity index (χ4n) is 2.26. The molecule has 17 heavy (non-hydrogen) atoms. The third kappa shape index (κ3) is 3.13. The molecule has 2 rings (SSSR count). The van der Waals surface area contributed by atoms with Gasteiger partial charge in [-0.15, -0.1) is 0 Å². The lowest BCUT2D eigenvalue weighted by atomic mass is 10.1. The summed E-state index contributed by atoms with van der Waals surface area (Å²) in [6, 6.07) is 7.30. The third-order valence-corrected chi connectivity index (χ3v) is 3.23. The lowest BCUT2D eigenvalue weighted by molar-refractivity contribution is 0.185. The molecule has 0 atom stereocenters. The van der Waals surface area contributed by atoms with E-state index < -0.39 is 0 Å². The van der Waals surface area contributed by atoms with Crippen LogP contribution in [-0.2, 0) is 0 Å². The molecule has 1 aromatic carbocycles. The Morgan fingerprint density at radius 3 is 2.47 bits per heavy atom. The summed E-state index contributed by atoms with van der Waals surface area (Å²) >= 11 is 0. The number of anilines is 1. The molecule has 0 saturated heterocycles. The minimum atomic E-state index is 0.285. The second-order valence-electron chi connectivity index (χ2n) is 4.60. The van der Waals surface area contributed by atoms with Crippen LogP contribution >= 0.6 is 0 Å². The Hall–Kier alpha value is -1.69. The molecular weight excluding hydrogens is 212 g/mol. The Bertz CT molecular complexity index is 415. The number of nitriles is 1. The van der Waals surface area contributed by atoms with Crippen molar-refractivity contribution in [1.29, 1.82) is 5.26 Å². The van der Waals surface area contributed by atoms with Gasteiger partial charge in [-0.1, -0.05) is 12.8 Å². The van der Waals surface area contributed by atoms with Crippen molar-refractivity contribution in [2.75, 3.05) is 5.73 Å². The standard InChI is InChI=1S/C14H18N2O/c15-10-11-7-8-14(13(16)9-11)17-12-5-3-1-2-4-6-12/h7-9,12H,1-6,16H2. The Balaban J connectivity index is 2.05. The molecule has 0 amide bonds. The van der Waals surface area contributed by atoms with Crippen molar-refractivity contribution in [2.24, 2.45) is 0 Å². The van der Waals surface area contributed by atoms with E-state index in [9.17, 15) is 0 Å². The van der Waals surface area contributed by atoms with E-state index in [0.29, 0.717) is 11.3 Å². The van der Waals surface area contributed by atoms with Crippen LogP contribution in [0.3, 0.4) is 0 Å². The van der Waals surface area contributed by atoms with Crippen LogP contribution in [0, 0.1) is 11.3 Å². The highest BCUT2D eigenvalue weighted by molar-refractivity contribution is 5.56. The van der Waals surface area contributed by atoms with Crippen LogP contribution in [0.5, 0.6) is 5.75 Å². The first-order valence-electron chi connectivity index (χ1n) is 6.26. The van der Waals surface area contributed by atoms with Gasteiger partial charge >= 0.3 is 0 Å². The van der Waals surface area contributed by atoms with Crippen LogP contribution in [0.4, 0.5) is 5.69 Å². The van der Waals surface area contributed by atoms with E-state index in [1.807, 2.05) is 0 Å². The summed E-state index contributed by atoms with van der Waals surface area (Å²) in [4.78, 5) is 0. The molecule has 2 N–H and O–H groups in total.